The summed E-state index contributed by atoms with van der Waals surface area (Å²) in [4.78, 5) is 17.1. The van der Waals surface area contributed by atoms with Gasteiger partial charge >= 0.3 is 0 Å². The first kappa shape index (κ1) is 30.8. The fraction of sp³-hybridized carbons (Fsp3) is 0.333. The van der Waals surface area contributed by atoms with Crippen LogP contribution in [0.3, 0.4) is 0 Å². The number of nitrogens with zero attached hydrogens (tertiary/aromatic N) is 4. The summed E-state index contributed by atoms with van der Waals surface area (Å²) in [5.41, 5.74) is 6.94. The van der Waals surface area contributed by atoms with Crippen LogP contribution < -0.4 is 5.43 Å². The number of likely N-dealkylation sites (tertiary alicyclic amines) is 1. The van der Waals surface area contributed by atoms with Crippen molar-refractivity contribution in [1.82, 2.24) is 25.1 Å². The molecule has 1 amide bonds. The standard InChI is InChI=1S/C33H31Cl2F2N5OS/c1-22-5-7-23(8-6-22)9-11-25-12-14-29(44-25)31-26(20-40-18-15-33(36,37)21-40)30(32(43)39-41-16-3-2-4-17-41)38-42(31)28-13-10-24(34)19-27(28)35/h5-8,10,12-14,19H,2-4,15-18,20-21H2,1H3,(H,39,43). The Balaban J connectivity index is 1.46. The number of carbonyl (C=O) groups excluding carboxylic acids is 1. The molecule has 2 aromatic carbocycles. The SMILES string of the molecule is Cc1ccc(C#Cc2ccc(-c3c(CN4CCC(F)(F)C4)c(C(=O)NN4CCCCC4)nn3-c3ccc(Cl)cc3Cl)s2)cc1. The summed E-state index contributed by atoms with van der Waals surface area (Å²) in [6.07, 6.45) is 2.85. The molecule has 4 aromatic rings. The van der Waals surface area contributed by atoms with Crippen molar-refractivity contribution in [2.75, 3.05) is 26.2 Å². The summed E-state index contributed by atoms with van der Waals surface area (Å²) >= 11 is 14.3. The number of halogens is 4. The largest absolute Gasteiger partial charge is 0.293 e. The third-order valence-electron chi connectivity index (χ3n) is 7.80. The number of hydrogen-bond acceptors (Lipinski definition) is 5. The predicted octanol–water partition coefficient (Wildman–Crippen LogP) is 7.59. The van der Waals surface area contributed by atoms with Gasteiger partial charge in [-0.15, -0.1) is 11.3 Å². The van der Waals surface area contributed by atoms with Crippen LogP contribution in [0.2, 0.25) is 10.0 Å². The molecule has 2 aromatic heterocycles. The topological polar surface area (TPSA) is 53.4 Å². The zero-order valence-corrected chi connectivity index (χ0v) is 26.5. The fourth-order valence-electron chi connectivity index (χ4n) is 5.53. The molecule has 6 rings (SSSR count). The number of carbonyl (C=O) groups is 1. The third-order valence-corrected chi connectivity index (χ3v) is 9.35. The maximum absolute atomic E-state index is 14.3. The number of thiophene rings is 1. The summed E-state index contributed by atoms with van der Waals surface area (Å²) in [5.74, 6) is 3.28. The Labute approximate surface area is 269 Å². The van der Waals surface area contributed by atoms with E-state index in [0.717, 1.165) is 53.2 Å². The van der Waals surface area contributed by atoms with Crippen molar-refractivity contribution in [3.8, 4) is 28.1 Å². The number of nitrogens with one attached hydrogen (secondary N) is 1. The Morgan fingerprint density at radius 1 is 1.02 bits per heavy atom. The quantitative estimate of drug-likeness (QED) is 0.218. The van der Waals surface area contributed by atoms with E-state index in [1.54, 1.807) is 27.8 Å². The van der Waals surface area contributed by atoms with E-state index in [9.17, 15) is 13.6 Å². The molecule has 2 aliphatic heterocycles. The molecule has 0 bridgehead atoms. The van der Waals surface area contributed by atoms with Gasteiger partial charge in [-0.1, -0.05) is 59.2 Å². The van der Waals surface area contributed by atoms with Crippen molar-refractivity contribution in [2.45, 2.75) is 45.1 Å². The first-order valence-electron chi connectivity index (χ1n) is 14.6. The lowest BCUT2D eigenvalue weighted by molar-refractivity contribution is 0.0115. The second-order valence-electron chi connectivity index (χ2n) is 11.3. The number of hydrogen-bond donors (Lipinski definition) is 1. The highest BCUT2D eigenvalue weighted by Gasteiger charge is 2.39. The zero-order valence-electron chi connectivity index (χ0n) is 24.2. The van der Waals surface area contributed by atoms with Crippen LogP contribution in [-0.4, -0.2) is 57.7 Å². The van der Waals surface area contributed by atoms with Gasteiger partial charge in [-0.05, 0) is 62.2 Å². The number of amides is 1. The molecule has 2 saturated heterocycles. The molecule has 44 heavy (non-hydrogen) atoms. The molecule has 2 fully saturated rings. The first-order valence-corrected chi connectivity index (χ1v) is 16.1. The van der Waals surface area contributed by atoms with Crippen molar-refractivity contribution in [1.29, 1.82) is 0 Å². The Morgan fingerprint density at radius 3 is 2.50 bits per heavy atom. The van der Waals surface area contributed by atoms with Crippen molar-refractivity contribution in [2.24, 2.45) is 0 Å². The van der Waals surface area contributed by atoms with E-state index in [1.807, 2.05) is 48.3 Å². The van der Waals surface area contributed by atoms with Crippen LogP contribution in [0.25, 0.3) is 16.3 Å². The van der Waals surface area contributed by atoms with Crippen LogP contribution in [0.15, 0.2) is 54.6 Å². The van der Waals surface area contributed by atoms with E-state index in [1.165, 1.54) is 11.3 Å². The van der Waals surface area contributed by atoms with Gasteiger partial charge in [-0.3, -0.25) is 15.1 Å². The van der Waals surface area contributed by atoms with Gasteiger partial charge in [-0.2, -0.15) is 5.10 Å². The number of benzene rings is 2. The van der Waals surface area contributed by atoms with E-state index in [0.29, 0.717) is 27.0 Å². The Morgan fingerprint density at radius 2 is 1.80 bits per heavy atom. The maximum Gasteiger partial charge on any atom is 0.286 e. The molecule has 0 unspecified atom stereocenters. The van der Waals surface area contributed by atoms with Crippen molar-refractivity contribution >= 4 is 40.4 Å². The predicted molar refractivity (Wildman–Crippen MR) is 172 cm³/mol. The van der Waals surface area contributed by atoms with Gasteiger partial charge in [0.2, 0.25) is 0 Å². The Bertz CT molecular complexity index is 1730. The monoisotopic (exact) mass is 653 g/mol. The minimum atomic E-state index is -2.78. The molecule has 0 saturated carbocycles. The number of aryl methyl sites for hydroxylation is 1. The molecule has 228 valence electrons. The van der Waals surface area contributed by atoms with Gasteiger partial charge in [-0.25, -0.2) is 18.5 Å². The smallest absolute Gasteiger partial charge is 0.286 e. The second-order valence-corrected chi connectivity index (χ2v) is 13.2. The van der Waals surface area contributed by atoms with Gasteiger partial charge in [0.25, 0.3) is 11.8 Å². The summed E-state index contributed by atoms with van der Waals surface area (Å²) in [6.45, 7) is 3.46. The highest BCUT2D eigenvalue weighted by atomic mass is 35.5. The van der Waals surface area contributed by atoms with E-state index in [-0.39, 0.29) is 37.7 Å². The van der Waals surface area contributed by atoms with Crippen molar-refractivity contribution < 1.29 is 13.6 Å². The lowest BCUT2D eigenvalue weighted by Crippen LogP contribution is -2.45. The molecular weight excluding hydrogens is 623 g/mol. The summed E-state index contributed by atoms with van der Waals surface area (Å²) in [7, 11) is 0. The molecule has 0 radical (unpaired) electrons. The maximum atomic E-state index is 14.3. The zero-order chi connectivity index (χ0) is 30.8. The van der Waals surface area contributed by atoms with Crippen LogP contribution in [0.4, 0.5) is 8.78 Å². The Kier molecular flexibility index (Phi) is 9.08. The molecule has 11 heteroatoms. The molecule has 2 aliphatic rings. The van der Waals surface area contributed by atoms with E-state index in [4.69, 9.17) is 28.3 Å². The summed E-state index contributed by atoms with van der Waals surface area (Å²) in [6, 6.07) is 16.9. The molecule has 4 heterocycles. The van der Waals surface area contributed by atoms with Gasteiger partial charge in [0.15, 0.2) is 5.69 Å². The lowest BCUT2D eigenvalue weighted by atomic mass is 10.1. The van der Waals surface area contributed by atoms with E-state index < -0.39 is 5.92 Å². The molecule has 1 N–H and O–H groups in total. The summed E-state index contributed by atoms with van der Waals surface area (Å²) in [5, 5.41) is 7.51. The molecule has 0 atom stereocenters. The molecule has 0 spiro atoms. The third kappa shape index (κ3) is 7.01. The normalized spacial score (nSPS) is 16.9. The van der Waals surface area contributed by atoms with Crippen LogP contribution in [0, 0.1) is 18.8 Å². The number of hydrazine groups is 1. The Hall–Kier alpha value is -3.26. The second kappa shape index (κ2) is 13.0. The summed E-state index contributed by atoms with van der Waals surface area (Å²) < 4.78 is 30.3. The van der Waals surface area contributed by atoms with Crippen LogP contribution in [0.5, 0.6) is 0 Å². The number of piperidine rings is 1. The number of aromatic nitrogens is 2. The molecular formula is C33H31Cl2F2N5OS. The van der Waals surface area contributed by atoms with Gasteiger partial charge in [0.05, 0.1) is 32.7 Å². The van der Waals surface area contributed by atoms with Crippen molar-refractivity contribution in [3.63, 3.8) is 0 Å². The molecule has 6 nitrogen and oxygen atoms in total. The van der Waals surface area contributed by atoms with Crippen LogP contribution in [0.1, 0.15) is 57.7 Å². The van der Waals surface area contributed by atoms with Crippen molar-refractivity contribution in [3.05, 3.63) is 91.9 Å². The fourth-order valence-corrected chi connectivity index (χ4v) is 6.94. The van der Waals surface area contributed by atoms with Gasteiger partial charge in [0.1, 0.15) is 0 Å². The van der Waals surface area contributed by atoms with Crippen LogP contribution in [-0.2, 0) is 6.54 Å². The van der Waals surface area contributed by atoms with E-state index in [2.05, 4.69) is 17.3 Å². The highest BCUT2D eigenvalue weighted by Crippen LogP contribution is 2.38. The average molecular weight is 655 g/mol. The number of alkyl halides is 2. The van der Waals surface area contributed by atoms with E-state index >= 15 is 0 Å². The minimum Gasteiger partial charge on any atom is -0.293 e. The molecule has 0 aliphatic carbocycles. The minimum absolute atomic E-state index is 0.126. The van der Waals surface area contributed by atoms with Gasteiger partial charge < -0.3 is 0 Å². The van der Waals surface area contributed by atoms with Gasteiger partial charge in [0, 0.05) is 48.7 Å². The van der Waals surface area contributed by atoms with Crippen LogP contribution >= 0.6 is 34.5 Å². The first-order chi connectivity index (χ1) is 21.1. The average Bonchev–Trinajstić information content (AvgIpc) is 3.70. The lowest BCUT2D eigenvalue weighted by Gasteiger charge is -2.26. The highest BCUT2D eigenvalue weighted by molar-refractivity contribution is 7.16. The number of rotatable bonds is 6.